The van der Waals surface area contributed by atoms with E-state index in [0.29, 0.717) is 12.6 Å². The fourth-order valence-corrected chi connectivity index (χ4v) is 2.46. The number of rotatable bonds is 2. The molecule has 3 rings (SSSR count). The number of aryl methyl sites for hydroxylation is 1. The summed E-state index contributed by atoms with van der Waals surface area (Å²) in [5.41, 5.74) is 1.91. The van der Waals surface area contributed by atoms with Crippen LogP contribution in [0.1, 0.15) is 12.5 Å². The van der Waals surface area contributed by atoms with Gasteiger partial charge in [-0.1, -0.05) is 41.9 Å². The number of benzene rings is 2. The zero-order valence-electron chi connectivity index (χ0n) is 13.4. The smallest absolute Gasteiger partial charge is 0.296 e. The number of hydrogen-bond donors (Lipinski definition) is 0. The van der Waals surface area contributed by atoms with E-state index in [-0.39, 0.29) is 4.90 Å². The van der Waals surface area contributed by atoms with Crippen molar-refractivity contribution < 1.29 is 18.7 Å². The highest BCUT2D eigenvalue weighted by Crippen LogP contribution is 2.21. The first kappa shape index (κ1) is 14.8. The van der Waals surface area contributed by atoms with E-state index in [1.165, 1.54) is 12.1 Å². The van der Waals surface area contributed by atoms with E-state index in [2.05, 4.69) is 4.18 Å². The predicted molar refractivity (Wildman–Crippen MR) is 86.3 cm³/mol. The van der Waals surface area contributed by atoms with Gasteiger partial charge in [-0.3, -0.25) is 4.18 Å². The monoisotopic (exact) mass is 319 g/mol. The van der Waals surface area contributed by atoms with Gasteiger partial charge in [-0.25, -0.2) is 0 Å². The molecule has 0 bridgehead atoms. The van der Waals surface area contributed by atoms with Gasteiger partial charge in [0.15, 0.2) is 0 Å². The molecule has 2 aromatic rings. The lowest BCUT2D eigenvalue weighted by molar-refractivity contribution is 0.358. The number of hydrogen-bond acceptors (Lipinski definition) is 4. The third kappa shape index (κ3) is 4.19. The Morgan fingerprint density at radius 2 is 1.91 bits per heavy atom. The van der Waals surface area contributed by atoms with Crippen molar-refractivity contribution in [3.05, 3.63) is 65.7 Å². The highest BCUT2D eigenvalue weighted by Gasteiger charge is 2.11. The maximum atomic E-state index is 11.1. The molecule has 0 aliphatic carbocycles. The van der Waals surface area contributed by atoms with E-state index in [0.717, 1.165) is 24.0 Å². The molecule has 1 aliphatic heterocycles. The molecular formula is C17H18O4S. The van der Waals surface area contributed by atoms with Crippen molar-refractivity contribution in [1.29, 1.82) is 0 Å². The molecule has 2 aromatic carbocycles. The molecule has 4 nitrogen and oxygen atoms in total. The molecule has 5 heteroatoms. The second kappa shape index (κ2) is 7.24. The SMILES string of the molecule is COS(=O)(=O)c1ccc(C)cc1.[2H]c1cccc2c1C=CCO2. The lowest BCUT2D eigenvalue weighted by Crippen LogP contribution is -2.02. The summed E-state index contributed by atoms with van der Waals surface area (Å²) in [7, 11) is -2.37. The van der Waals surface area contributed by atoms with E-state index >= 15 is 0 Å². The molecule has 116 valence electrons. The summed E-state index contributed by atoms with van der Waals surface area (Å²) in [6.45, 7) is 2.51. The Bertz CT molecular complexity index is 796. The van der Waals surface area contributed by atoms with E-state index in [4.69, 9.17) is 6.11 Å². The molecule has 0 aromatic heterocycles. The molecule has 0 saturated heterocycles. The van der Waals surface area contributed by atoms with Crippen molar-refractivity contribution in [1.82, 2.24) is 0 Å². The maximum absolute atomic E-state index is 11.1. The zero-order chi connectivity index (χ0) is 16.9. The summed E-state index contributed by atoms with van der Waals surface area (Å²) in [6.07, 6.45) is 3.85. The van der Waals surface area contributed by atoms with Crippen LogP contribution in [0.2, 0.25) is 0 Å². The van der Waals surface area contributed by atoms with Crippen molar-refractivity contribution in [2.45, 2.75) is 11.8 Å². The van der Waals surface area contributed by atoms with Gasteiger partial charge in [-0.15, -0.1) is 0 Å². The third-order valence-corrected chi connectivity index (χ3v) is 4.29. The third-order valence-electron chi connectivity index (χ3n) is 3.00. The van der Waals surface area contributed by atoms with Gasteiger partial charge in [0.2, 0.25) is 0 Å². The van der Waals surface area contributed by atoms with Crippen LogP contribution < -0.4 is 4.74 Å². The predicted octanol–water partition coefficient (Wildman–Crippen LogP) is 3.42. The Balaban J connectivity index is 0.000000167. The summed E-state index contributed by atoms with van der Waals surface area (Å²) in [5.74, 6) is 0.819. The first-order valence-electron chi connectivity index (χ1n) is 7.20. The molecule has 0 saturated carbocycles. The molecular weight excluding hydrogens is 300 g/mol. The molecule has 1 heterocycles. The van der Waals surface area contributed by atoms with Crippen LogP contribution in [-0.4, -0.2) is 22.1 Å². The molecule has 0 spiro atoms. The van der Waals surface area contributed by atoms with Crippen molar-refractivity contribution in [2.24, 2.45) is 0 Å². The first-order chi connectivity index (χ1) is 10.9. The van der Waals surface area contributed by atoms with Crippen molar-refractivity contribution in [2.75, 3.05) is 13.7 Å². The molecule has 22 heavy (non-hydrogen) atoms. The maximum Gasteiger partial charge on any atom is 0.296 e. The van der Waals surface area contributed by atoms with Crippen LogP contribution in [0, 0.1) is 6.92 Å². The average Bonchev–Trinajstić information content (AvgIpc) is 2.56. The van der Waals surface area contributed by atoms with Crippen LogP contribution in [0.5, 0.6) is 5.75 Å². The molecule has 1 aliphatic rings. The van der Waals surface area contributed by atoms with E-state index in [1.807, 2.05) is 31.2 Å². The lowest BCUT2D eigenvalue weighted by atomic mass is 10.1. The van der Waals surface area contributed by atoms with Crippen LogP contribution in [0.3, 0.4) is 0 Å². The van der Waals surface area contributed by atoms with Gasteiger partial charge in [0.05, 0.1) is 13.4 Å². The Kier molecular flexibility index (Phi) is 4.88. The summed E-state index contributed by atoms with van der Waals surface area (Å²) < 4.78 is 39.3. The van der Waals surface area contributed by atoms with E-state index < -0.39 is 10.1 Å². The van der Waals surface area contributed by atoms with Gasteiger partial charge in [-0.05, 0) is 31.2 Å². The van der Waals surface area contributed by atoms with Crippen molar-refractivity contribution >= 4 is 16.2 Å². The standard InChI is InChI=1S/C9H8O.C8H10O3S/c1-2-6-9-8(4-1)5-3-7-10-9;1-7-3-5-8(6-4-7)12(9,10)11-2/h1-6H,7H2;3-6H,1-2H3/i4D;. The summed E-state index contributed by atoms with van der Waals surface area (Å²) >= 11 is 0. The second-order valence-corrected chi connectivity index (χ2v) is 6.31. The summed E-state index contributed by atoms with van der Waals surface area (Å²) in [4.78, 5) is 0.190. The van der Waals surface area contributed by atoms with Crippen LogP contribution in [-0.2, 0) is 14.3 Å². The van der Waals surface area contributed by atoms with Gasteiger partial charge in [0.1, 0.15) is 12.4 Å². The molecule has 0 unspecified atom stereocenters. The number of para-hydroxylation sites is 1. The number of fused-ring (bicyclic) bond motifs is 1. The fraction of sp³-hybridized carbons (Fsp3) is 0.176. The normalized spacial score (nSPS) is 13.3. The number of ether oxygens (including phenoxy) is 1. The average molecular weight is 319 g/mol. The minimum absolute atomic E-state index is 0.190. The Labute approximate surface area is 132 Å². The van der Waals surface area contributed by atoms with Gasteiger partial charge < -0.3 is 4.74 Å². The largest absolute Gasteiger partial charge is 0.489 e. The quantitative estimate of drug-likeness (QED) is 0.796. The zero-order valence-corrected chi connectivity index (χ0v) is 13.3. The minimum atomic E-state index is -3.51. The highest BCUT2D eigenvalue weighted by atomic mass is 32.2. The van der Waals surface area contributed by atoms with Gasteiger partial charge in [0.25, 0.3) is 10.1 Å². The van der Waals surface area contributed by atoms with Crippen LogP contribution in [0.15, 0.2) is 59.5 Å². The van der Waals surface area contributed by atoms with Crippen molar-refractivity contribution in [3.8, 4) is 5.75 Å². The van der Waals surface area contributed by atoms with Crippen LogP contribution in [0.4, 0.5) is 0 Å². The summed E-state index contributed by atoms with van der Waals surface area (Å²) in [5, 5.41) is 0. The lowest BCUT2D eigenvalue weighted by Gasteiger charge is -2.10. The van der Waals surface area contributed by atoms with E-state index in [9.17, 15) is 8.42 Å². The van der Waals surface area contributed by atoms with Gasteiger partial charge >= 0.3 is 0 Å². The minimum Gasteiger partial charge on any atom is -0.489 e. The Morgan fingerprint density at radius 1 is 1.18 bits per heavy atom. The Hall–Kier alpha value is -2.11. The van der Waals surface area contributed by atoms with Gasteiger partial charge in [-0.2, -0.15) is 8.42 Å². The van der Waals surface area contributed by atoms with E-state index in [1.54, 1.807) is 18.2 Å². The van der Waals surface area contributed by atoms with Crippen LogP contribution >= 0.6 is 0 Å². The molecule has 0 fully saturated rings. The van der Waals surface area contributed by atoms with Crippen molar-refractivity contribution in [3.63, 3.8) is 0 Å². The highest BCUT2D eigenvalue weighted by molar-refractivity contribution is 7.86. The molecule has 0 amide bonds. The Morgan fingerprint density at radius 3 is 2.55 bits per heavy atom. The fourth-order valence-electron chi connectivity index (χ4n) is 1.80. The molecule has 0 radical (unpaired) electrons. The molecule has 0 N–H and O–H groups in total. The van der Waals surface area contributed by atoms with Gasteiger partial charge in [0, 0.05) is 5.56 Å². The second-order valence-electron chi connectivity index (χ2n) is 4.60. The summed E-state index contributed by atoms with van der Waals surface area (Å²) in [6, 6.07) is 12.5. The van der Waals surface area contributed by atoms with Crippen LogP contribution in [0.25, 0.3) is 6.08 Å². The molecule has 0 atom stereocenters. The first-order valence-corrected chi connectivity index (χ1v) is 8.11. The topological polar surface area (TPSA) is 52.6 Å².